The fourth-order valence-electron chi connectivity index (χ4n) is 2.02. The highest BCUT2D eigenvalue weighted by molar-refractivity contribution is 6.36. The van der Waals surface area contributed by atoms with Gasteiger partial charge in [0.05, 0.1) is 5.69 Å². The number of aryl methyl sites for hydroxylation is 1. The third kappa shape index (κ3) is 1.74. The van der Waals surface area contributed by atoms with Crippen LogP contribution in [0.4, 0.5) is 0 Å². The van der Waals surface area contributed by atoms with Crippen LogP contribution in [0.1, 0.15) is 5.56 Å². The van der Waals surface area contributed by atoms with Crippen LogP contribution in [0.25, 0.3) is 16.9 Å². The molecule has 0 aliphatic carbocycles. The number of fused-ring (bicyclic) bond motifs is 1. The van der Waals surface area contributed by atoms with Gasteiger partial charge in [0.2, 0.25) is 0 Å². The first-order chi connectivity index (χ1) is 8.24. The Morgan fingerprint density at radius 2 is 1.88 bits per heavy atom. The van der Waals surface area contributed by atoms with Crippen LogP contribution in [0.3, 0.4) is 0 Å². The molecule has 2 heterocycles. The normalized spacial score (nSPS) is 10.9. The molecule has 0 fully saturated rings. The summed E-state index contributed by atoms with van der Waals surface area (Å²) in [6.07, 6.45) is 4.11. The van der Waals surface area contributed by atoms with Crippen molar-refractivity contribution in [3.05, 3.63) is 54.4 Å². The maximum absolute atomic E-state index is 4.68. The minimum atomic E-state index is 1.03. The zero-order chi connectivity index (χ0) is 11.8. The van der Waals surface area contributed by atoms with Gasteiger partial charge in [-0.2, -0.15) is 0 Å². The summed E-state index contributed by atoms with van der Waals surface area (Å²) in [5.74, 6) is 0. The lowest BCUT2D eigenvalue weighted by Gasteiger charge is -1.96. The minimum Gasteiger partial charge on any atom is -0.307 e. The van der Waals surface area contributed by atoms with Gasteiger partial charge in [0.25, 0.3) is 0 Å². The van der Waals surface area contributed by atoms with E-state index in [1.165, 1.54) is 16.6 Å². The van der Waals surface area contributed by atoms with Crippen molar-refractivity contribution >= 4 is 19.0 Å². The van der Waals surface area contributed by atoms with Crippen molar-refractivity contribution in [2.24, 2.45) is 0 Å². The van der Waals surface area contributed by atoms with E-state index in [1.807, 2.05) is 12.3 Å². The van der Waals surface area contributed by atoms with Crippen molar-refractivity contribution in [2.75, 3.05) is 0 Å². The number of benzene rings is 1. The minimum absolute atomic E-state index is 1.03. The molecule has 0 atom stereocenters. The average Bonchev–Trinajstić information content (AvgIpc) is 2.75. The van der Waals surface area contributed by atoms with E-state index in [9.17, 15) is 0 Å². The monoisotopic (exact) mass is 220 g/mol. The van der Waals surface area contributed by atoms with Crippen molar-refractivity contribution in [2.45, 2.75) is 6.92 Å². The Bertz CT molecular complexity index is 668. The van der Waals surface area contributed by atoms with Gasteiger partial charge < -0.3 is 4.40 Å². The maximum Gasteiger partial charge on any atom is 0.144 e. The molecule has 0 unspecified atom stereocenters. The summed E-state index contributed by atoms with van der Waals surface area (Å²) in [5, 5.41) is 0. The van der Waals surface area contributed by atoms with E-state index in [2.05, 4.69) is 60.7 Å². The molecule has 82 valence electrons. The third-order valence-corrected chi connectivity index (χ3v) is 3.03. The summed E-state index contributed by atoms with van der Waals surface area (Å²) < 4.78 is 2.07. The zero-order valence-electron chi connectivity index (χ0n) is 10.0. The molecule has 2 nitrogen and oxygen atoms in total. The van der Waals surface area contributed by atoms with E-state index >= 15 is 0 Å². The predicted molar refractivity (Wildman–Crippen MR) is 73.5 cm³/mol. The van der Waals surface area contributed by atoms with E-state index in [1.54, 1.807) is 0 Å². The number of imidazole rings is 1. The molecule has 2 aromatic heterocycles. The van der Waals surface area contributed by atoms with Crippen molar-refractivity contribution in [1.29, 1.82) is 0 Å². The van der Waals surface area contributed by atoms with Crippen LogP contribution in [0.15, 0.2) is 48.8 Å². The number of nitrogens with zero attached hydrogens (tertiary/aromatic N) is 2. The second-order valence-corrected chi connectivity index (χ2v) is 4.41. The fraction of sp³-hybridized carbons (Fsp3) is 0.0714. The molecular weight excluding hydrogens is 207 g/mol. The summed E-state index contributed by atoms with van der Waals surface area (Å²) in [7, 11) is 2.08. The first-order valence-corrected chi connectivity index (χ1v) is 5.75. The van der Waals surface area contributed by atoms with Gasteiger partial charge in [-0.05, 0) is 18.5 Å². The van der Waals surface area contributed by atoms with E-state index in [4.69, 9.17) is 0 Å². The smallest absolute Gasteiger partial charge is 0.144 e. The molecule has 0 saturated heterocycles. The summed E-state index contributed by atoms with van der Waals surface area (Å²) >= 11 is 0. The van der Waals surface area contributed by atoms with Crippen LogP contribution in [0, 0.1) is 6.92 Å². The Hall–Kier alpha value is -2.03. The lowest BCUT2D eigenvalue weighted by atomic mass is 9.98. The van der Waals surface area contributed by atoms with Crippen LogP contribution < -0.4 is 5.46 Å². The van der Waals surface area contributed by atoms with Crippen LogP contribution >= 0.6 is 0 Å². The molecule has 3 heteroatoms. The number of hydrogen-bond acceptors (Lipinski definition) is 1. The van der Waals surface area contributed by atoms with Gasteiger partial charge in [0.15, 0.2) is 0 Å². The SMILES string of the molecule is Bc1cccn2cc(-c3ccc(C)cc3)nc12. The Labute approximate surface area is 101 Å². The molecule has 0 aliphatic heterocycles. The summed E-state index contributed by atoms with van der Waals surface area (Å²) in [5.41, 5.74) is 5.70. The summed E-state index contributed by atoms with van der Waals surface area (Å²) in [6, 6.07) is 12.6. The molecule has 3 rings (SSSR count). The molecule has 0 bridgehead atoms. The number of hydrogen-bond donors (Lipinski definition) is 0. The fourth-order valence-corrected chi connectivity index (χ4v) is 2.02. The number of rotatable bonds is 1. The van der Waals surface area contributed by atoms with Crippen LogP contribution in [0.2, 0.25) is 0 Å². The summed E-state index contributed by atoms with van der Waals surface area (Å²) in [4.78, 5) is 4.68. The molecule has 0 spiro atoms. The second-order valence-electron chi connectivity index (χ2n) is 4.41. The van der Waals surface area contributed by atoms with Crippen molar-refractivity contribution in [3.63, 3.8) is 0 Å². The third-order valence-electron chi connectivity index (χ3n) is 3.03. The van der Waals surface area contributed by atoms with Crippen molar-refractivity contribution in [1.82, 2.24) is 9.38 Å². The van der Waals surface area contributed by atoms with Gasteiger partial charge in [0, 0.05) is 18.0 Å². The highest BCUT2D eigenvalue weighted by Gasteiger charge is 2.05. The maximum atomic E-state index is 4.68. The quantitative estimate of drug-likeness (QED) is 0.569. The largest absolute Gasteiger partial charge is 0.307 e. The van der Waals surface area contributed by atoms with Crippen LogP contribution in [-0.2, 0) is 0 Å². The second kappa shape index (κ2) is 3.77. The molecule has 0 N–H and O–H groups in total. The van der Waals surface area contributed by atoms with Crippen molar-refractivity contribution < 1.29 is 0 Å². The number of pyridine rings is 1. The van der Waals surface area contributed by atoms with Gasteiger partial charge in [-0.15, -0.1) is 0 Å². The lowest BCUT2D eigenvalue weighted by molar-refractivity contribution is 1.20. The van der Waals surface area contributed by atoms with Crippen molar-refractivity contribution in [3.8, 4) is 11.3 Å². The Morgan fingerprint density at radius 3 is 2.59 bits per heavy atom. The highest BCUT2D eigenvalue weighted by atomic mass is 15.0. The van der Waals surface area contributed by atoms with Gasteiger partial charge >= 0.3 is 0 Å². The van der Waals surface area contributed by atoms with Crippen LogP contribution in [0.5, 0.6) is 0 Å². The van der Waals surface area contributed by atoms with Gasteiger partial charge in [-0.25, -0.2) is 4.98 Å². The molecule has 1 aromatic carbocycles. The van der Waals surface area contributed by atoms with E-state index in [-0.39, 0.29) is 0 Å². The standard InChI is InChI=1S/C14H13BN2/c1-10-4-6-11(7-5-10)13-9-17-8-2-3-12(15)14(17)16-13/h2-9H,15H2,1H3. The van der Waals surface area contributed by atoms with E-state index in [0.29, 0.717) is 0 Å². The molecule has 3 aromatic rings. The zero-order valence-corrected chi connectivity index (χ0v) is 10.0. The topological polar surface area (TPSA) is 17.3 Å². The van der Waals surface area contributed by atoms with Gasteiger partial charge in [-0.1, -0.05) is 35.9 Å². The molecule has 0 amide bonds. The van der Waals surface area contributed by atoms with E-state index < -0.39 is 0 Å². The highest BCUT2D eigenvalue weighted by Crippen LogP contribution is 2.18. The van der Waals surface area contributed by atoms with E-state index in [0.717, 1.165) is 11.3 Å². The predicted octanol–water partition coefficient (Wildman–Crippen LogP) is 1.57. The molecule has 0 aliphatic rings. The van der Waals surface area contributed by atoms with Crippen LogP contribution in [-0.4, -0.2) is 17.2 Å². The molecule has 17 heavy (non-hydrogen) atoms. The number of aromatic nitrogens is 2. The molecule has 0 saturated carbocycles. The molecular formula is C14H13BN2. The first-order valence-electron chi connectivity index (χ1n) is 5.75. The van der Waals surface area contributed by atoms with Gasteiger partial charge in [-0.3, -0.25) is 0 Å². The Balaban J connectivity index is 2.18. The Morgan fingerprint density at radius 1 is 1.12 bits per heavy atom. The summed E-state index contributed by atoms with van der Waals surface area (Å²) in [6.45, 7) is 2.09. The Kier molecular flexibility index (Phi) is 2.25. The van der Waals surface area contributed by atoms with Gasteiger partial charge in [0.1, 0.15) is 13.5 Å². The average molecular weight is 220 g/mol. The molecule has 0 radical (unpaired) electrons. The lowest BCUT2D eigenvalue weighted by Crippen LogP contribution is -2.06. The first kappa shape index (κ1) is 10.1.